The minimum absolute atomic E-state index is 1.36. The highest BCUT2D eigenvalue weighted by Gasteiger charge is 2.07. The Morgan fingerprint density at radius 1 is 1.11 bits per heavy atom. The molecule has 0 bridgehead atoms. The largest absolute Gasteiger partial charge is 0.389 e. The highest BCUT2D eigenvalue weighted by molar-refractivity contribution is 5.86. The van der Waals surface area contributed by atoms with Crippen LogP contribution in [0, 0.1) is 0 Å². The van der Waals surface area contributed by atoms with Crippen LogP contribution in [0.5, 0.6) is 0 Å². The molecule has 0 aromatic carbocycles. The lowest BCUT2D eigenvalue weighted by atomic mass is 10.7. The molecule has 0 heterocycles. The van der Waals surface area contributed by atoms with Crippen molar-refractivity contribution < 1.29 is 23.1 Å². The van der Waals surface area contributed by atoms with E-state index in [9.17, 15) is 18.4 Å². The molecule has 3 nitrogen and oxygen atoms in total. The molecule has 5 heteroatoms. The average Bonchev–Trinajstić information content (AvgIpc) is 1.87. The van der Waals surface area contributed by atoms with Crippen LogP contribution in [0.25, 0.3) is 0 Å². The molecule has 0 spiro atoms. The normalized spacial score (nSPS) is 8.67. The Labute approximate surface area is 49.6 Å². The van der Waals surface area contributed by atoms with Gasteiger partial charge in [0.15, 0.2) is 13.3 Å². The van der Waals surface area contributed by atoms with Crippen LogP contribution < -0.4 is 0 Å². The zero-order valence-corrected chi connectivity index (χ0v) is 4.39. The molecule has 0 rings (SSSR count). The van der Waals surface area contributed by atoms with Gasteiger partial charge in [0.2, 0.25) is 0 Å². The van der Waals surface area contributed by atoms with Gasteiger partial charge in [0, 0.05) is 0 Å². The Morgan fingerprint density at radius 3 is 1.67 bits per heavy atom. The van der Waals surface area contributed by atoms with Crippen LogP contribution in [0.3, 0.4) is 0 Å². The van der Waals surface area contributed by atoms with Crippen LogP contribution in [0.4, 0.5) is 8.78 Å². The molecule has 0 aliphatic carbocycles. The van der Waals surface area contributed by atoms with Gasteiger partial charge in [-0.25, -0.2) is 18.4 Å². The van der Waals surface area contributed by atoms with E-state index in [0.717, 1.165) is 0 Å². The second-order valence-electron chi connectivity index (χ2n) is 1.11. The van der Waals surface area contributed by atoms with Gasteiger partial charge in [0.05, 0.1) is 0 Å². The van der Waals surface area contributed by atoms with E-state index >= 15 is 0 Å². The number of hydrogen-bond donors (Lipinski definition) is 0. The number of esters is 2. The van der Waals surface area contributed by atoms with Crippen molar-refractivity contribution in [1.82, 2.24) is 0 Å². The average molecular weight is 138 g/mol. The third-order valence-electron chi connectivity index (χ3n) is 0.446. The Balaban J connectivity index is 3.47. The van der Waals surface area contributed by atoms with Gasteiger partial charge in [-0.3, -0.25) is 0 Å². The van der Waals surface area contributed by atoms with Crippen molar-refractivity contribution in [3.05, 3.63) is 0 Å². The number of rotatable bonds is 2. The Morgan fingerprint density at radius 2 is 1.44 bits per heavy atom. The molecular weight excluding hydrogens is 134 g/mol. The summed E-state index contributed by atoms with van der Waals surface area (Å²) in [4.78, 5) is 19.6. The van der Waals surface area contributed by atoms with Crippen molar-refractivity contribution in [2.24, 2.45) is 0 Å². The van der Waals surface area contributed by atoms with Crippen molar-refractivity contribution in [2.75, 3.05) is 13.3 Å². The van der Waals surface area contributed by atoms with Gasteiger partial charge >= 0.3 is 11.9 Å². The highest BCUT2D eigenvalue weighted by atomic mass is 19.1. The lowest BCUT2D eigenvalue weighted by Crippen LogP contribution is -2.14. The van der Waals surface area contributed by atoms with E-state index in [-0.39, 0.29) is 0 Å². The summed E-state index contributed by atoms with van der Waals surface area (Å²) in [6.45, 7) is -2.82. The molecule has 0 amide bonds. The van der Waals surface area contributed by atoms with Gasteiger partial charge < -0.3 is 4.74 Å². The molecule has 0 saturated heterocycles. The molecule has 52 valence electrons. The highest BCUT2D eigenvalue weighted by Crippen LogP contribution is 1.82. The van der Waals surface area contributed by atoms with Crippen molar-refractivity contribution in [1.29, 1.82) is 0 Å². The Kier molecular flexibility index (Phi) is 3.50. The van der Waals surface area contributed by atoms with Crippen LogP contribution in [0.2, 0.25) is 0 Å². The van der Waals surface area contributed by atoms with E-state index in [2.05, 4.69) is 4.74 Å². The van der Waals surface area contributed by atoms with Crippen molar-refractivity contribution in [3.63, 3.8) is 0 Å². The summed E-state index contributed by atoms with van der Waals surface area (Å²) in [6, 6.07) is 0. The number of hydrogen-bond acceptors (Lipinski definition) is 3. The Bertz CT molecular complexity index is 109. The summed E-state index contributed by atoms with van der Waals surface area (Å²) in [5.41, 5.74) is 0. The van der Waals surface area contributed by atoms with E-state index in [1.165, 1.54) is 0 Å². The van der Waals surface area contributed by atoms with Crippen LogP contribution in [0.15, 0.2) is 0 Å². The first kappa shape index (κ1) is 8.00. The second kappa shape index (κ2) is 3.94. The SMILES string of the molecule is O=C(CF)OC(=O)CF. The van der Waals surface area contributed by atoms with Gasteiger partial charge in [-0.1, -0.05) is 0 Å². The summed E-state index contributed by atoms with van der Waals surface area (Å²) in [5, 5.41) is 0. The van der Waals surface area contributed by atoms with Gasteiger partial charge in [0.1, 0.15) is 0 Å². The Hall–Kier alpha value is -1.00. The number of carbonyl (C=O) groups is 2. The third-order valence-corrected chi connectivity index (χ3v) is 0.446. The maximum absolute atomic E-state index is 11.1. The zero-order valence-electron chi connectivity index (χ0n) is 4.39. The standard InChI is InChI=1S/C4H4F2O3/c5-1-3(7)9-4(8)2-6/h1-2H2. The molecule has 0 atom stereocenters. The predicted octanol–water partition coefficient (Wildman–Crippen LogP) is -0.00480. The van der Waals surface area contributed by atoms with Crippen molar-refractivity contribution in [2.45, 2.75) is 0 Å². The van der Waals surface area contributed by atoms with Gasteiger partial charge in [-0.05, 0) is 0 Å². The summed E-state index contributed by atoms with van der Waals surface area (Å²) >= 11 is 0. The molecule has 0 radical (unpaired) electrons. The van der Waals surface area contributed by atoms with E-state index < -0.39 is 25.3 Å². The smallest absolute Gasteiger partial charge is 0.345 e. The van der Waals surface area contributed by atoms with Gasteiger partial charge in [-0.2, -0.15) is 0 Å². The van der Waals surface area contributed by atoms with Crippen LogP contribution in [-0.2, 0) is 14.3 Å². The summed E-state index contributed by atoms with van der Waals surface area (Å²) in [5.74, 6) is -2.73. The second-order valence-corrected chi connectivity index (χ2v) is 1.11. The molecular formula is C4H4F2O3. The number of carbonyl (C=O) groups excluding carboxylic acids is 2. The first-order valence-corrected chi connectivity index (χ1v) is 2.06. The van der Waals surface area contributed by atoms with Gasteiger partial charge in [0.25, 0.3) is 0 Å². The van der Waals surface area contributed by atoms with Gasteiger partial charge in [-0.15, -0.1) is 0 Å². The molecule has 0 unspecified atom stereocenters. The quantitative estimate of drug-likeness (QED) is 0.398. The first-order chi connectivity index (χ1) is 4.20. The van der Waals surface area contributed by atoms with E-state index in [1.807, 2.05) is 0 Å². The zero-order chi connectivity index (χ0) is 7.28. The van der Waals surface area contributed by atoms with E-state index in [4.69, 9.17) is 0 Å². The first-order valence-electron chi connectivity index (χ1n) is 2.06. The molecule has 0 saturated carbocycles. The number of alkyl halides is 2. The fourth-order valence-electron chi connectivity index (χ4n) is 0.182. The summed E-state index contributed by atoms with van der Waals surface area (Å²) in [7, 11) is 0. The number of halogens is 2. The maximum atomic E-state index is 11.1. The molecule has 0 aromatic rings. The molecule has 0 aromatic heterocycles. The predicted molar refractivity (Wildman–Crippen MR) is 23.0 cm³/mol. The maximum Gasteiger partial charge on any atom is 0.345 e. The summed E-state index contributed by atoms with van der Waals surface area (Å²) < 4.78 is 25.8. The molecule has 0 aliphatic heterocycles. The fourth-order valence-corrected chi connectivity index (χ4v) is 0.182. The lowest BCUT2D eigenvalue weighted by Gasteiger charge is -1.92. The molecule has 0 N–H and O–H groups in total. The molecule has 9 heavy (non-hydrogen) atoms. The van der Waals surface area contributed by atoms with E-state index in [1.54, 1.807) is 0 Å². The minimum atomic E-state index is -1.41. The van der Waals surface area contributed by atoms with Crippen molar-refractivity contribution in [3.8, 4) is 0 Å². The van der Waals surface area contributed by atoms with Crippen LogP contribution in [-0.4, -0.2) is 25.3 Å². The third kappa shape index (κ3) is 3.57. The van der Waals surface area contributed by atoms with Crippen LogP contribution in [0.1, 0.15) is 0 Å². The van der Waals surface area contributed by atoms with Crippen molar-refractivity contribution >= 4 is 11.9 Å². The van der Waals surface area contributed by atoms with Crippen LogP contribution >= 0.6 is 0 Å². The topological polar surface area (TPSA) is 43.4 Å². The molecule has 0 aliphatic rings. The fraction of sp³-hybridized carbons (Fsp3) is 0.500. The van der Waals surface area contributed by atoms with E-state index in [0.29, 0.717) is 0 Å². The minimum Gasteiger partial charge on any atom is -0.389 e. The lowest BCUT2D eigenvalue weighted by molar-refractivity contribution is -0.160. The number of ether oxygens (including phenoxy) is 1. The summed E-state index contributed by atoms with van der Waals surface area (Å²) in [6.07, 6.45) is 0. The monoisotopic (exact) mass is 138 g/mol. The molecule has 0 fully saturated rings.